The van der Waals surface area contributed by atoms with Crippen molar-refractivity contribution in [3.8, 4) is 0 Å². The van der Waals surface area contributed by atoms with Gasteiger partial charge in [-0.2, -0.15) is 0 Å². The maximum atomic E-state index is 6.07. The molecule has 1 saturated carbocycles. The molecule has 1 aliphatic rings. The second-order valence-electron chi connectivity index (χ2n) is 4.72. The Morgan fingerprint density at radius 1 is 1.31 bits per heavy atom. The highest BCUT2D eigenvalue weighted by Gasteiger charge is 2.19. The van der Waals surface area contributed by atoms with Gasteiger partial charge in [0, 0.05) is 23.4 Å². The average Bonchev–Trinajstić information content (AvgIpc) is 2.29. The summed E-state index contributed by atoms with van der Waals surface area (Å²) in [4.78, 5) is 9.11. The molecule has 2 nitrogen and oxygen atoms in total. The van der Waals surface area contributed by atoms with E-state index in [0.29, 0.717) is 5.92 Å². The minimum atomic E-state index is 0.000376. The Labute approximate surface area is 102 Å². The summed E-state index contributed by atoms with van der Waals surface area (Å²) < 4.78 is 0. The minimum absolute atomic E-state index is 0.000376. The summed E-state index contributed by atoms with van der Waals surface area (Å²) in [6.07, 6.45) is 8.40. The first-order valence-electron chi connectivity index (χ1n) is 6.16. The Hall–Kier alpha value is -0.630. The van der Waals surface area contributed by atoms with Gasteiger partial charge in [-0.1, -0.05) is 19.3 Å². The van der Waals surface area contributed by atoms with E-state index in [1.165, 1.54) is 32.1 Å². The lowest BCUT2D eigenvalue weighted by molar-refractivity contribution is 0.427. The van der Waals surface area contributed by atoms with Gasteiger partial charge in [0.2, 0.25) is 0 Å². The van der Waals surface area contributed by atoms with Crippen LogP contribution >= 0.6 is 11.6 Å². The zero-order valence-corrected chi connectivity index (χ0v) is 10.8. The van der Waals surface area contributed by atoms with Crippen LogP contribution in [0.2, 0.25) is 0 Å². The molecule has 1 unspecified atom stereocenters. The molecule has 0 aliphatic heterocycles. The van der Waals surface area contributed by atoms with Crippen LogP contribution in [-0.4, -0.2) is 9.97 Å². The van der Waals surface area contributed by atoms with Crippen molar-refractivity contribution in [3.05, 3.63) is 23.3 Å². The molecule has 1 atom stereocenters. The molecule has 1 heterocycles. The Kier molecular flexibility index (Phi) is 3.80. The number of alkyl halides is 1. The SMILES string of the molecule is Cc1nc(C2CCCCC2)ncc1C(C)Cl. The Morgan fingerprint density at radius 2 is 2.00 bits per heavy atom. The monoisotopic (exact) mass is 238 g/mol. The molecule has 2 rings (SSSR count). The fourth-order valence-electron chi connectivity index (χ4n) is 2.44. The Morgan fingerprint density at radius 3 is 2.56 bits per heavy atom. The molecule has 16 heavy (non-hydrogen) atoms. The van der Waals surface area contributed by atoms with Crippen LogP contribution in [-0.2, 0) is 0 Å². The summed E-state index contributed by atoms with van der Waals surface area (Å²) in [5.74, 6) is 1.60. The number of halogens is 1. The van der Waals surface area contributed by atoms with Crippen molar-refractivity contribution in [3.63, 3.8) is 0 Å². The highest BCUT2D eigenvalue weighted by molar-refractivity contribution is 6.20. The first kappa shape index (κ1) is 11.8. The summed E-state index contributed by atoms with van der Waals surface area (Å²) in [5.41, 5.74) is 2.10. The van der Waals surface area contributed by atoms with Crippen molar-refractivity contribution in [2.45, 2.75) is 57.2 Å². The lowest BCUT2D eigenvalue weighted by atomic mass is 9.88. The van der Waals surface area contributed by atoms with Crippen molar-refractivity contribution < 1.29 is 0 Å². The summed E-state index contributed by atoms with van der Waals surface area (Å²) in [7, 11) is 0. The predicted octanol–water partition coefficient (Wildman–Crippen LogP) is 4.13. The average molecular weight is 239 g/mol. The maximum absolute atomic E-state index is 6.07. The van der Waals surface area contributed by atoms with Crippen LogP contribution in [0, 0.1) is 6.92 Å². The zero-order chi connectivity index (χ0) is 11.5. The van der Waals surface area contributed by atoms with Crippen LogP contribution in [0.15, 0.2) is 6.20 Å². The van der Waals surface area contributed by atoms with Crippen molar-refractivity contribution in [2.24, 2.45) is 0 Å². The number of rotatable bonds is 2. The topological polar surface area (TPSA) is 25.8 Å². The van der Waals surface area contributed by atoms with Gasteiger partial charge in [-0.3, -0.25) is 0 Å². The van der Waals surface area contributed by atoms with Crippen molar-refractivity contribution in [2.75, 3.05) is 0 Å². The third-order valence-corrected chi connectivity index (χ3v) is 3.67. The van der Waals surface area contributed by atoms with Crippen LogP contribution in [0.3, 0.4) is 0 Å². The molecule has 1 aromatic heterocycles. The number of nitrogens with zero attached hydrogens (tertiary/aromatic N) is 2. The molecule has 0 amide bonds. The number of aromatic nitrogens is 2. The third-order valence-electron chi connectivity index (χ3n) is 3.43. The fraction of sp³-hybridized carbons (Fsp3) is 0.692. The van der Waals surface area contributed by atoms with Gasteiger partial charge >= 0.3 is 0 Å². The molecule has 1 aliphatic carbocycles. The number of hydrogen-bond donors (Lipinski definition) is 0. The standard InChI is InChI=1S/C13H19ClN2/c1-9(14)12-8-15-13(16-10(12)2)11-6-4-3-5-7-11/h8-9,11H,3-7H2,1-2H3. The molecule has 0 bridgehead atoms. The van der Waals surface area contributed by atoms with Gasteiger partial charge in [0.05, 0.1) is 5.38 Å². The molecule has 0 aromatic carbocycles. The lowest BCUT2D eigenvalue weighted by Crippen LogP contribution is -2.10. The second kappa shape index (κ2) is 5.13. The van der Waals surface area contributed by atoms with E-state index < -0.39 is 0 Å². The van der Waals surface area contributed by atoms with Crippen LogP contribution in [0.1, 0.15) is 67.4 Å². The van der Waals surface area contributed by atoms with Gasteiger partial charge in [-0.25, -0.2) is 9.97 Å². The van der Waals surface area contributed by atoms with Crippen LogP contribution in [0.5, 0.6) is 0 Å². The molecule has 1 aromatic rings. The highest BCUT2D eigenvalue weighted by atomic mass is 35.5. The van der Waals surface area contributed by atoms with Crippen molar-refractivity contribution in [1.82, 2.24) is 9.97 Å². The van der Waals surface area contributed by atoms with Crippen LogP contribution in [0.4, 0.5) is 0 Å². The minimum Gasteiger partial charge on any atom is -0.241 e. The third kappa shape index (κ3) is 2.54. The maximum Gasteiger partial charge on any atom is 0.131 e. The Bertz CT molecular complexity index is 357. The van der Waals surface area contributed by atoms with E-state index in [1.807, 2.05) is 20.0 Å². The van der Waals surface area contributed by atoms with E-state index in [-0.39, 0.29) is 5.38 Å². The first-order chi connectivity index (χ1) is 7.68. The van der Waals surface area contributed by atoms with E-state index in [4.69, 9.17) is 11.6 Å². The molecule has 0 spiro atoms. The summed E-state index contributed by atoms with van der Waals surface area (Å²) in [6, 6.07) is 0. The second-order valence-corrected chi connectivity index (χ2v) is 5.37. The zero-order valence-electron chi connectivity index (χ0n) is 10.0. The van der Waals surface area contributed by atoms with E-state index in [0.717, 1.165) is 17.1 Å². The lowest BCUT2D eigenvalue weighted by Gasteiger charge is -2.21. The quantitative estimate of drug-likeness (QED) is 0.724. The summed E-state index contributed by atoms with van der Waals surface area (Å²) >= 11 is 6.07. The van der Waals surface area contributed by atoms with Crippen molar-refractivity contribution >= 4 is 11.6 Å². The first-order valence-corrected chi connectivity index (χ1v) is 6.59. The van der Waals surface area contributed by atoms with Crippen LogP contribution < -0.4 is 0 Å². The molecule has 3 heteroatoms. The highest BCUT2D eigenvalue weighted by Crippen LogP contribution is 2.31. The molecular formula is C13H19ClN2. The van der Waals surface area contributed by atoms with Gasteiger partial charge in [0.25, 0.3) is 0 Å². The molecule has 0 saturated heterocycles. The molecule has 1 fully saturated rings. The largest absolute Gasteiger partial charge is 0.241 e. The van der Waals surface area contributed by atoms with Crippen LogP contribution in [0.25, 0.3) is 0 Å². The van der Waals surface area contributed by atoms with Crippen molar-refractivity contribution in [1.29, 1.82) is 0 Å². The van der Waals surface area contributed by atoms with Gasteiger partial charge < -0.3 is 0 Å². The van der Waals surface area contributed by atoms with Gasteiger partial charge in [-0.05, 0) is 26.7 Å². The number of aryl methyl sites for hydroxylation is 1. The van der Waals surface area contributed by atoms with E-state index >= 15 is 0 Å². The smallest absolute Gasteiger partial charge is 0.131 e. The summed E-state index contributed by atoms with van der Waals surface area (Å²) in [5, 5.41) is 0.000376. The predicted molar refractivity (Wildman–Crippen MR) is 66.9 cm³/mol. The van der Waals surface area contributed by atoms with Gasteiger partial charge in [0.1, 0.15) is 5.82 Å². The fourth-order valence-corrected chi connectivity index (χ4v) is 2.66. The summed E-state index contributed by atoms with van der Waals surface area (Å²) in [6.45, 7) is 4.00. The molecule has 0 radical (unpaired) electrons. The van der Waals surface area contributed by atoms with Gasteiger partial charge in [0.15, 0.2) is 0 Å². The molecule has 88 valence electrons. The Balaban J connectivity index is 2.19. The van der Waals surface area contributed by atoms with E-state index in [2.05, 4.69) is 9.97 Å². The van der Waals surface area contributed by atoms with E-state index in [1.54, 1.807) is 0 Å². The van der Waals surface area contributed by atoms with E-state index in [9.17, 15) is 0 Å². The molecular weight excluding hydrogens is 220 g/mol. The molecule has 0 N–H and O–H groups in total. The normalized spacial score (nSPS) is 19.7. The van der Waals surface area contributed by atoms with Gasteiger partial charge in [-0.15, -0.1) is 11.6 Å². The number of hydrogen-bond acceptors (Lipinski definition) is 2.